The van der Waals surface area contributed by atoms with Gasteiger partial charge in [-0.1, -0.05) is 0 Å². The molecule has 0 aliphatic carbocycles. The molecule has 0 aromatic carbocycles. The summed E-state index contributed by atoms with van der Waals surface area (Å²) in [5, 5.41) is 3.12. The van der Waals surface area contributed by atoms with Gasteiger partial charge in [-0.15, -0.1) is 11.3 Å². The maximum absolute atomic E-state index is 11.8. The molecule has 0 bridgehead atoms. The van der Waals surface area contributed by atoms with E-state index in [1.807, 2.05) is 19.1 Å². The van der Waals surface area contributed by atoms with E-state index in [2.05, 4.69) is 5.32 Å². The maximum atomic E-state index is 11.8. The molecule has 0 spiro atoms. The number of rotatable bonds is 7. The van der Waals surface area contributed by atoms with Gasteiger partial charge in [0.15, 0.2) is 0 Å². The molecular weight excluding hydrogens is 251 g/mol. The average Bonchev–Trinajstić information content (AvgIpc) is 2.61. The Morgan fingerprint density at radius 2 is 2.06 bits per heavy atom. The van der Waals surface area contributed by atoms with Crippen molar-refractivity contribution in [1.82, 2.24) is 5.32 Å². The molecule has 1 aromatic heterocycles. The zero-order valence-electron chi connectivity index (χ0n) is 9.64. The average molecular weight is 267 g/mol. The molecular formula is C11H16F3NOS. The molecule has 0 aliphatic rings. The molecule has 6 heteroatoms. The van der Waals surface area contributed by atoms with E-state index in [-0.39, 0.29) is 6.61 Å². The zero-order chi connectivity index (χ0) is 12.7. The largest absolute Gasteiger partial charge is 0.391 e. The molecule has 0 radical (unpaired) electrons. The Kier molecular flexibility index (Phi) is 5.94. The standard InChI is InChI=1S/C11H16F3NOS/c1-9-2-3-10(17-9)8-15-5-7-16-6-4-11(12,13)14/h2-3,15H,4-8H2,1H3. The number of alkyl halides is 3. The van der Waals surface area contributed by atoms with Gasteiger partial charge in [-0.3, -0.25) is 0 Å². The lowest BCUT2D eigenvalue weighted by Crippen LogP contribution is -2.20. The predicted molar refractivity (Wildman–Crippen MR) is 62.3 cm³/mol. The van der Waals surface area contributed by atoms with E-state index in [1.165, 1.54) is 9.75 Å². The maximum Gasteiger partial charge on any atom is 0.391 e. The molecule has 1 aromatic rings. The predicted octanol–water partition coefficient (Wildman–Crippen LogP) is 3.12. The number of hydrogen-bond acceptors (Lipinski definition) is 3. The van der Waals surface area contributed by atoms with Crippen LogP contribution < -0.4 is 5.32 Å². The number of thiophene rings is 1. The number of aryl methyl sites for hydroxylation is 1. The van der Waals surface area contributed by atoms with Gasteiger partial charge in [0.25, 0.3) is 0 Å². The van der Waals surface area contributed by atoms with Crippen LogP contribution in [-0.2, 0) is 11.3 Å². The van der Waals surface area contributed by atoms with Gasteiger partial charge in [-0.2, -0.15) is 13.2 Å². The number of nitrogens with one attached hydrogen (secondary N) is 1. The third-order valence-corrected chi connectivity index (χ3v) is 3.05. The molecule has 1 rings (SSSR count). The van der Waals surface area contributed by atoms with Crippen molar-refractivity contribution in [2.24, 2.45) is 0 Å². The molecule has 17 heavy (non-hydrogen) atoms. The summed E-state index contributed by atoms with van der Waals surface area (Å²) in [6.07, 6.45) is -5.00. The van der Waals surface area contributed by atoms with Gasteiger partial charge in [-0.25, -0.2) is 0 Å². The minimum Gasteiger partial charge on any atom is -0.380 e. The highest BCUT2D eigenvalue weighted by Crippen LogP contribution is 2.18. The van der Waals surface area contributed by atoms with Crippen molar-refractivity contribution >= 4 is 11.3 Å². The van der Waals surface area contributed by atoms with Gasteiger partial charge in [0, 0.05) is 22.8 Å². The first-order valence-corrected chi connectivity index (χ1v) is 6.19. The molecule has 0 unspecified atom stereocenters. The van der Waals surface area contributed by atoms with Gasteiger partial charge in [0.05, 0.1) is 19.6 Å². The molecule has 0 saturated carbocycles. The monoisotopic (exact) mass is 267 g/mol. The second-order valence-electron chi connectivity index (χ2n) is 3.67. The highest BCUT2D eigenvalue weighted by atomic mass is 32.1. The summed E-state index contributed by atoms with van der Waals surface area (Å²) >= 11 is 1.71. The third kappa shape index (κ3) is 7.36. The lowest BCUT2D eigenvalue weighted by molar-refractivity contribution is -0.145. The summed E-state index contributed by atoms with van der Waals surface area (Å²) in [6, 6.07) is 4.08. The Labute approximate surface area is 103 Å². The Balaban J connectivity index is 1.95. The fraction of sp³-hybridized carbons (Fsp3) is 0.636. The first-order valence-electron chi connectivity index (χ1n) is 5.38. The van der Waals surface area contributed by atoms with E-state index in [0.29, 0.717) is 13.2 Å². The number of ether oxygens (including phenoxy) is 1. The summed E-state index contributed by atoms with van der Waals surface area (Å²) in [6.45, 7) is 3.38. The van der Waals surface area contributed by atoms with E-state index in [1.54, 1.807) is 11.3 Å². The van der Waals surface area contributed by atoms with Gasteiger partial charge in [0.1, 0.15) is 0 Å². The van der Waals surface area contributed by atoms with Crippen LogP contribution in [0.2, 0.25) is 0 Å². The summed E-state index contributed by atoms with van der Waals surface area (Å²) in [4.78, 5) is 2.47. The molecule has 2 nitrogen and oxygen atoms in total. The van der Waals surface area contributed by atoms with E-state index in [0.717, 1.165) is 6.54 Å². The summed E-state index contributed by atoms with van der Waals surface area (Å²) in [5.74, 6) is 0. The van der Waals surface area contributed by atoms with Crippen LogP contribution in [-0.4, -0.2) is 25.9 Å². The van der Waals surface area contributed by atoms with Crippen molar-refractivity contribution < 1.29 is 17.9 Å². The Bertz CT molecular complexity index is 325. The minimum absolute atomic E-state index is 0.261. The van der Waals surface area contributed by atoms with Crippen LogP contribution in [0, 0.1) is 6.92 Å². The van der Waals surface area contributed by atoms with Crippen molar-refractivity contribution in [1.29, 1.82) is 0 Å². The number of hydrogen-bond donors (Lipinski definition) is 1. The second-order valence-corrected chi connectivity index (χ2v) is 5.04. The third-order valence-electron chi connectivity index (χ3n) is 2.05. The lowest BCUT2D eigenvalue weighted by Gasteiger charge is -2.07. The summed E-state index contributed by atoms with van der Waals surface area (Å²) < 4.78 is 40.2. The molecule has 98 valence electrons. The topological polar surface area (TPSA) is 21.3 Å². The van der Waals surface area contributed by atoms with Crippen LogP contribution in [0.3, 0.4) is 0 Å². The van der Waals surface area contributed by atoms with Crippen molar-refractivity contribution in [3.8, 4) is 0 Å². The van der Waals surface area contributed by atoms with Gasteiger partial charge >= 0.3 is 6.18 Å². The smallest absolute Gasteiger partial charge is 0.380 e. The van der Waals surface area contributed by atoms with Crippen LogP contribution in [0.1, 0.15) is 16.2 Å². The van der Waals surface area contributed by atoms with Crippen molar-refractivity contribution in [3.63, 3.8) is 0 Å². The molecule has 1 N–H and O–H groups in total. The molecule has 0 fully saturated rings. The zero-order valence-corrected chi connectivity index (χ0v) is 10.5. The highest BCUT2D eigenvalue weighted by molar-refractivity contribution is 7.11. The fourth-order valence-corrected chi connectivity index (χ4v) is 2.09. The van der Waals surface area contributed by atoms with Crippen molar-refractivity contribution in [2.75, 3.05) is 19.8 Å². The van der Waals surface area contributed by atoms with Crippen LogP contribution in [0.5, 0.6) is 0 Å². The molecule has 1 heterocycles. The van der Waals surface area contributed by atoms with Crippen LogP contribution >= 0.6 is 11.3 Å². The van der Waals surface area contributed by atoms with Crippen LogP contribution in [0.25, 0.3) is 0 Å². The molecule has 0 amide bonds. The van der Waals surface area contributed by atoms with Crippen molar-refractivity contribution in [3.05, 3.63) is 21.9 Å². The summed E-state index contributed by atoms with van der Waals surface area (Å²) in [5.41, 5.74) is 0. The van der Waals surface area contributed by atoms with Gasteiger partial charge in [0.2, 0.25) is 0 Å². The number of halogens is 3. The molecule has 0 aliphatic heterocycles. The molecule has 0 atom stereocenters. The molecule has 0 saturated heterocycles. The highest BCUT2D eigenvalue weighted by Gasteiger charge is 2.26. The quantitative estimate of drug-likeness (QED) is 0.766. The Morgan fingerprint density at radius 1 is 1.29 bits per heavy atom. The first kappa shape index (κ1) is 14.5. The van der Waals surface area contributed by atoms with Gasteiger partial charge < -0.3 is 10.1 Å². The fourth-order valence-electron chi connectivity index (χ4n) is 1.23. The lowest BCUT2D eigenvalue weighted by atomic mass is 10.4. The summed E-state index contributed by atoms with van der Waals surface area (Å²) in [7, 11) is 0. The van der Waals surface area contributed by atoms with E-state index >= 15 is 0 Å². The van der Waals surface area contributed by atoms with Gasteiger partial charge in [-0.05, 0) is 19.1 Å². The van der Waals surface area contributed by atoms with E-state index in [4.69, 9.17) is 4.74 Å². The first-order chi connectivity index (χ1) is 7.97. The minimum atomic E-state index is -4.12. The Hall–Kier alpha value is -0.590. The second kappa shape index (κ2) is 6.98. The Morgan fingerprint density at radius 3 is 2.65 bits per heavy atom. The normalized spacial score (nSPS) is 12.0. The van der Waals surface area contributed by atoms with Crippen LogP contribution in [0.4, 0.5) is 13.2 Å². The van der Waals surface area contributed by atoms with E-state index < -0.39 is 12.6 Å². The van der Waals surface area contributed by atoms with E-state index in [9.17, 15) is 13.2 Å². The SMILES string of the molecule is Cc1ccc(CNCCOCCC(F)(F)F)s1. The van der Waals surface area contributed by atoms with Crippen LogP contribution in [0.15, 0.2) is 12.1 Å². The van der Waals surface area contributed by atoms with Crippen molar-refractivity contribution in [2.45, 2.75) is 26.1 Å².